The molecule has 0 aliphatic heterocycles. The van der Waals surface area contributed by atoms with Gasteiger partial charge in [0, 0.05) is 12.4 Å². The molecule has 0 saturated heterocycles. The van der Waals surface area contributed by atoms with Crippen molar-refractivity contribution in [2.75, 3.05) is 0 Å². The topological polar surface area (TPSA) is 75.7 Å². The molecule has 2 rings (SSSR count). The smallest absolute Gasteiger partial charge is 0.384 e. The van der Waals surface area contributed by atoms with E-state index in [2.05, 4.69) is 9.97 Å². The summed E-state index contributed by atoms with van der Waals surface area (Å²) in [4.78, 5) is 7.87. The molecule has 0 aromatic carbocycles. The fourth-order valence-electron chi connectivity index (χ4n) is 1.65. The predicted molar refractivity (Wildman–Crippen MR) is 73.4 cm³/mol. The summed E-state index contributed by atoms with van der Waals surface area (Å²) in [7, 11) is 0. The fourth-order valence-corrected chi connectivity index (χ4v) is 2.57. The normalized spacial score (nSPS) is 11.4. The summed E-state index contributed by atoms with van der Waals surface area (Å²) >= 11 is 1.07. The van der Waals surface area contributed by atoms with E-state index >= 15 is 0 Å². The zero-order valence-corrected chi connectivity index (χ0v) is 11.7. The highest BCUT2D eigenvalue weighted by Crippen LogP contribution is 2.32. The third kappa shape index (κ3) is 3.52. The van der Waals surface area contributed by atoms with Gasteiger partial charge in [0.1, 0.15) is 15.9 Å². The minimum absolute atomic E-state index is 0.144. The lowest BCUT2D eigenvalue weighted by Crippen LogP contribution is -2.15. The number of aryl methyl sites for hydroxylation is 1. The summed E-state index contributed by atoms with van der Waals surface area (Å²) in [6.45, 7) is 1.78. The molecular weight excluding hydrogens is 301 g/mol. The van der Waals surface area contributed by atoms with Gasteiger partial charge in [-0.25, -0.2) is 9.97 Å². The Morgan fingerprint density at radius 3 is 2.48 bits per heavy atom. The lowest BCUT2D eigenvalue weighted by atomic mass is 10.1. The number of nitrogens with one attached hydrogen (secondary N) is 1. The summed E-state index contributed by atoms with van der Waals surface area (Å²) in [5.41, 5.74) is 5.93. The second kappa shape index (κ2) is 5.72. The molecule has 3 N–H and O–H groups in total. The number of hydrogen-bond acceptors (Lipinski definition) is 4. The van der Waals surface area contributed by atoms with E-state index in [-0.39, 0.29) is 5.84 Å². The highest BCUT2D eigenvalue weighted by molar-refractivity contribution is 7.99. The first-order valence-electron chi connectivity index (χ1n) is 5.80. The first kappa shape index (κ1) is 15.3. The fraction of sp³-hybridized carbons (Fsp3) is 0.154. The first-order valence-corrected chi connectivity index (χ1v) is 6.62. The van der Waals surface area contributed by atoms with Gasteiger partial charge in [-0.1, -0.05) is 0 Å². The van der Waals surface area contributed by atoms with Crippen LogP contribution in [-0.2, 0) is 6.18 Å². The van der Waals surface area contributed by atoms with Gasteiger partial charge in [-0.3, -0.25) is 5.41 Å². The van der Waals surface area contributed by atoms with Gasteiger partial charge in [0.15, 0.2) is 0 Å². The van der Waals surface area contributed by atoms with E-state index in [0.717, 1.165) is 29.6 Å². The zero-order valence-electron chi connectivity index (χ0n) is 10.9. The maximum Gasteiger partial charge on any atom is 0.417 e. The second-order valence-corrected chi connectivity index (χ2v) is 5.22. The van der Waals surface area contributed by atoms with Crippen molar-refractivity contribution in [3.63, 3.8) is 0 Å². The van der Waals surface area contributed by atoms with Gasteiger partial charge >= 0.3 is 6.18 Å². The average molecular weight is 312 g/mol. The van der Waals surface area contributed by atoms with Crippen LogP contribution in [0.3, 0.4) is 0 Å². The maximum atomic E-state index is 12.5. The number of halogens is 3. The number of nitrogens with zero attached hydrogens (tertiary/aromatic N) is 2. The standard InChI is InChI=1S/C13H11F3N4S/c1-7-4-5-19-12(10(7)11(17)18)21-9-3-2-8(6-20-9)13(14,15)16/h2-6H,1H3,(H3,17,18). The highest BCUT2D eigenvalue weighted by Gasteiger charge is 2.30. The molecule has 0 saturated carbocycles. The molecular formula is C13H11F3N4S. The molecule has 0 radical (unpaired) electrons. The van der Waals surface area contributed by atoms with E-state index in [1.807, 2.05) is 0 Å². The van der Waals surface area contributed by atoms with Gasteiger partial charge in [-0.15, -0.1) is 0 Å². The van der Waals surface area contributed by atoms with Gasteiger partial charge in [-0.05, 0) is 42.4 Å². The van der Waals surface area contributed by atoms with Crippen LogP contribution in [0, 0.1) is 12.3 Å². The van der Waals surface area contributed by atoms with Gasteiger partial charge in [0.2, 0.25) is 0 Å². The molecule has 0 aliphatic carbocycles. The molecule has 21 heavy (non-hydrogen) atoms. The van der Waals surface area contributed by atoms with Crippen LogP contribution < -0.4 is 5.73 Å². The molecule has 2 aromatic rings. The molecule has 8 heteroatoms. The minimum Gasteiger partial charge on any atom is -0.384 e. The maximum absolute atomic E-state index is 12.5. The molecule has 0 atom stereocenters. The Kier molecular flexibility index (Phi) is 4.17. The van der Waals surface area contributed by atoms with Crippen molar-refractivity contribution in [1.29, 1.82) is 5.41 Å². The number of rotatable bonds is 3. The van der Waals surface area contributed by atoms with Crippen LogP contribution in [0.2, 0.25) is 0 Å². The third-order valence-corrected chi connectivity index (χ3v) is 3.61. The first-order chi connectivity index (χ1) is 9.79. The Morgan fingerprint density at radius 1 is 1.24 bits per heavy atom. The molecule has 0 amide bonds. The van der Waals surface area contributed by atoms with Gasteiger partial charge < -0.3 is 5.73 Å². The van der Waals surface area contributed by atoms with Crippen molar-refractivity contribution in [2.45, 2.75) is 23.2 Å². The summed E-state index contributed by atoms with van der Waals surface area (Å²) in [5.74, 6) is -0.144. The molecule has 0 aliphatic rings. The van der Waals surface area contributed by atoms with Crippen molar-refractivity contribution >= 4 is 17.6 Å². The molecule has 4 nitrogen and oxygen atoms in total. The summed E-state index contributed by atoms with van der Waals surface area (Å²) in [6.07, 6.45) is -2.10. The Bertz CT molecular complexity index is 668. The minimum atomic E-state index is -4.41. The van der Waals surface area contributed by atoms with E-state index in [4.69, 9.17) is 11.1 Å². The van der Waals surface area contributed by atoms with E-state index in [0.29, 0.717) is 15.6 Å². The quantitative estimate of drug-likeness (QED) is 0.674. The van der Waals surface area contributed by atoms with Crippen molar-refractivity contribution < 1.29 is 13.2 Å². The van der Waals surface area contributed by atoms with Crippen molar-refractivity contribution in [3.8, 4) is 0 Å². The number of pyridine rings is 2. The van der Waals surface area contributed by atoms with Crippen LogP contribution in [-0.4, -0.2) is 15.8 Å². The lowest BCUT2D eigenvalue weighted by Gasteiger charge is -2.10. The van der Waals surface area contributed by atoms with Gasteiger partial charge in [0.25, 0.3) is 0 Å². The predicted octanol–water partition coefficient (Wildman–Crippen LogP) is 3.24. The Morgan fingerprint density at radius 2 is 1.95 bits per heavy atom. The number of hydrogen-bond donors (Lipinski definition) is 2. The van der Waals surface area contributed by atoms with Crippen molar-refractivity contribution in [2.24, 2.45) is 5.73 Å². The summed E-state index contributed by atoms with van der Waals surface area (Å²) < 4.78 is 37.4. The Labute approximate surface area is 123 Å². The second-order valence-electron chi connectivity index (χ2n) is 4.21. The number of nitrogens with two attached hydrogens (primary N) is 1. The Hall–Kier alpha value is -2.09. The van der Waals surface area contributed by atoms with E-state index in [9.17, 15) is 13.2 Å². The summed E-state index contributed by atoms with van der Waals surface area (Å²) in [5, 5.41) is 8.34. The van der Waals surface area contributed by atoms with Gasteiger partial charge in [0.05, 0.1) is 11.1 Å². The molecule has 0 fully saturated rings. The van der Waals surface area contributed by atoms with Crippen LogP contribution in [0.25, 0.3) is 0 Å². The van der Waals surface area contributed by atoms with Crippen LogP contribution in [0.4, 0.5) is 13.2 Å². The largest absolute Gasteiger partial charge is 0.417 e. The van der Waals surface area contributed by atoms with Crippen molar-refractivity contribution in [3.05, 3.63) is 47.3 Å². The molecule has 2 heterocycles. The molecule has 2 aromatic heterocycles. The molecule has 0 bridgehead atoms. The van der Waals surface area contributed by atoms with E-state index in [1.54, 1.807) is 19.2 Å². The molecule has 0 spiro atoms. The monoisotopic (exact) mass is 312 g/mol. The molecule has 0 unspecified atom stereocenters. The SMILES string of the molecule is Cc1ccnc(Sc2ccc(C(F)(F)F)cn2)c1C(=N)N. The van der Waals surface area contributed by atoms with Crippen LogP contribution >= 0.6 is 11.8 Å². The number of alkyl halides is 3. The highest BCUT2D eigenvalue weighted by atomic mass is 32.2. The van der Waals surface area contributed by atoms with E-state index < -0.39 is 11.7 Å². The molecule has 110 valence electrons. The third-order valence-electron chi connectivity index (χ3n) is 2.66. The van der Waals surface area contributed by atoms with Gasteiger partial charge in [-0.2, -0.15) is 13.2 Å². The van der Waals surface area contributed by atoms with Crippen LogP contribution in [0.5, 0.6) is 0 Å². The Balaban J connectivity index is 2.31. The average Bonchev–Trinajstić information content (AvgIpc) is 2.38. The van der Waals surface area contributed by atoms with E-state index in [1.165, 1.54) is 6.07 Å². The number of nitrogen functional groups attached to an aromatic ring is 1. The summed E-state index contributed by atoms with van der Waals surface area (Å²) in [6, 6.07) is 3.93. The zero-order chi connectivity index (χ0) is 15.6. The van der Waals surface area contributed by atoms with Crippen LogP contribution in [0.1, 0.15) is 16.7 Å². The lowest BCUT2D eigenvalue weighted by molar-refractivity contribution is -0.137. The van der Waals surface area contributed by atoms with Crippen LogP contribution in [0.15, 0.2) is 40.6 Å². The van der Waals surface area contributed by atoms with Crippen molar-refractivity contribution in [1.82, 2.24) is 9.97 Å². The number of amidine groups is 1. The number of aromatic nitrogens is 2.